The molecule has 0 fully saturated rings. The lowest BCUT2D eigenvalue weighted by Gasteiger charge is -2.09. The zero-order valence-corrected chi connectivity index (χ0v) is 12.6. The van der Waals surface area contributed by atoms with E-state index in [1.54, 1.807) is 12.1 Å². The van der Waals surface area contributed by atoms with Crippen molar-refractivity contribution in [3.8, 4) is 0 Å². The molecule has 0 aliphatic rings. The van der Waals surface area contributed by atoms with E-state index in [9.17, 15) is 12.8 Å². The molecule has 2 rings (SSSR count). The Bertz CT molecular complexity index is 733. The molecule has 0 aromatic heterocycles. The van der Waals surface area contributed by atoms with Gasteiger partial charge in [-0.3, -0.25) is 0 Å². The topological polar surface area (TPSA) is 72.2 Å². The molecule has 3 N–H and O–H groups in total. The van der Waals surface area contributed by atoms with Crippen LogP contribution in [0.5, 0.6) is 0 Å². The standard InChI is InChI=1S/C14H14ClFN2O2S/c15-13-9-12(17)5-6-14(13)21(19,20)18-8-7-10-1-3-11(16)4-2-10/h1-6,9,18H,7-8,17H2. The summed E-state index contributed by atoms with van der Waals surface area (Å²) in [7, 11) is -3.70. The predicted molar refractivity (Wildman–Crippen MR) is 81.2 cm³/mol. The maximum atomic E-state index is 12.8. The molecule has 7 heteroatoms. The Balaban J connectivity index is 2.03. The highest BCUT2D eigenvalue weighted by Gasteiger charge is 2.17. The number of sulfonamides is 1. The molecule has 2 aromatic carbocycles. The second-order valence-corrected chi connectivity index (χ2v) is 6.61. The van der Waals surface area contributed by atoms with Crippen LogP contribution < -0.4 is 10.5 Å². The summed E-state index contributed by atoms with van der Waals surface area (Å²) in [6.07, 6.45) is 0.450. The highest BCUT2D eigenvalue weighted by atomic mass is 35.5. The molecule has 2 aromatic rings. The van der Waals surface area contributed by atoms with Crippen molar-refractivity contribution in [1.29, 1.82) is 0 Å². The molecule has 0 heterocycles. The highest BCUT2D eigenvalue weighted by Crippen LogP contribution is 2.23. The van der Waals surface area contributed by atoms with Crippen LogP contribution in [-0.4, -0.2) is 15.0 Å². The number of hydrogen-bond donors (Lipinski definition) is 2. The molecule has 0 saturated carbocycles. The molecule has 0 radical (unpaired) electrons. The maximum absolute atomic E-state index is 12.8. The summed E-state index contributed by atoms with van der Waals surface area (Å²) in [5.41, 5.74) is 6.76. The van der Waals surface area contributed by atoms with Crippen LogP contribution >= 0.6 is 11.6 Å². The molecule has 21 heavy (non-hydrogen) atoms. The lowest BCUT2D eigenvalue weighted by atomic mass is 10.1. The van der Waals surface area contributed by atoms with E-state index >= 15 is 0 Å². The first kappa shape index (κ1) is 15.8. The van der Waals surface area contributed by atoms with Crippen molar-refractivity contribution >= 4 is 27.3 Å². The lowest BCUT2D eigenvalue weighted by molar-refractivity contribution is 0.581. The zero-order chi connectivity index (χ0) is 15.5. The van der Waals surface area contributed by atoms with Crippen LogP contribution in [0.1, 0.15) is 5.56 Å². The van der Waals surface area contributed by atoms with E-state index in [-0.39, 0.29) is 22.3 Å². The number of nitrogens with one attached hydrogen (secondary N) is 1. The van der Waals surface area contributed by atoms with Gasteiger partial charge in [0.1, 0.15) is 10.7 Å². The third-order valence-electron chi connectivity index (χ3n) is 2.86. The first-order valence-corrected chi connectivity index (χ1v) is 8.04. The molecule has 112 valence electrons. The van der Waals surface area contributed by atoms with Gasteiger partial charge in [0.25, 0.3) is 0 Å². The number of anilines is 1. The predicted octanol–water partition coefficient (Wildman–Crippen LogP) is 2.58. The minimum absolute atomic E-state index is 0.0162. The molecular formula is C14H14ClFN2O2S. The Kier molecular flexibility index (Phi) is 4.82. The molecule has 0 saturated heterocycles. The fourth-order valence-corrected chi connectivity index (χ4v) is 3.38. The highest BCUT2D eigenvalue weighted by molar-refractivity contribution is 7.89. The minimum Gasteiger partial charge on any atom is -0.399 e. The van der Waals surface area contributed by atoms with Gasteiger partial charge in [0.05, 0.1) is 5.02 Å². The average Bonchev–Trinajstić information content (AvgIpc) is 2.40. The first-order chi connectivity index (χ1) is 9.88. The minimum atomic E-state index is -3.70. The van der Waals surface area contributed by atoms with Gasteiger partial charge < -0.3 is 5.73 Å². The largest absolute Gasteiger partial charge is 0.399 e. The Morgan fingerprint density at radius 2 is 1.81 bits per heavy atom. The second-order valence-electron chi connectivity index (χ2n) is 4.46. The second kappa shape index (κ2) is 6.43. The summed E-state index contributed by atoms with van der Waals surface area (Å²) < 4.78 is 39.4. The van der Waals surface area contributed by atoms with Gasteiger partial charge >= 0.3 is 0 Å². The van der Waals surface area contributed by atoms with E-state index in [2.05, 4.69) is 4.72 Å². The smallest absolute Gasteiger partial charge is 0.242 e. The normalized spacial score (nSPS) is 11.5. The molecule has 4 nitrogen and oxygen atoms in total. The van der Waals surface area contributed by atoms with Crippen LogP contribution in [0.15, 0.2) is 47.4 Å². The molecule has 0 aliphatic carbocycles. The van der Waals surface area contributed by atoms with Crippen molar-refractivity contribution in [3.63, 3.8) is 0 Å². The van der Waals surface area contributed by atoms with Crippen molar-refractivity contribution in [3.05, 3.63) is 58.9 Å². The molecule has 0 spiro atoms. The van der Waals surface area contributed by atoms with E-state index in [0.29, 0.717) is 12.1 Å². The van der Waals surface area contributed by atoms with Gasteiger partial charge in [-0.2, -0.15) is 0 Å². The van der Waals surface area contributed by atoms with Crippen molar-refractivity contribution in [2.75, 3.05) is 12.3 Å². The number of nitrogen functional groups attached to an aromatic ring is 1. The Hall–Kier alpha value is -1.63. The quantitative estimate of drug-likeness (QED) is 0.829. The van der Waals surface area contributed by atoms with E-state index in [1.165, 1.54) is 30.3 Å². The van der Waals surface area contributed by atoms with Gasteiger partial charge in [-0.25, -0.2) is 17.5 Å². The SMILES string of the molecule is Nc1ccc(S(=O)(=O)NCCc2ccc(F)cc2)c(Cl)c1. The van der Waals surface area contributed by atoms with Crippen molar-refractivity contribution in [1.82, 2.24) is 4.72 Å². The van der Waals surface area contributed by atoms with Gasteiger partial charge in [-0.15, -0.1) is 0 Å². The molecule has 0 aliphatic heterocycles. The number of benzene rings is 2. The number of halogens is 2. The molecule has 0 unspecified atom stereocenters. The molecule has 0 atom stereocenters. The fourth-order valence-electron chi connectivity index (χ4n) is 1.79. The van der Waals surface area contributed by atoms with Crippen molar-refractivity contribution < 1.29 is 12.8 Å². The number of rotatable bonds is 5. The first-order valence-electron chi connectivity index (χ1n) is 6.17. The third kappa shape index (κ3) is 4.17. The summed E-state index contributed by atoms with van der Waals surface area (Å²) >= 11 is 5.89. The van der Waals surface area contributed by atoms with E-state index in [0.717, 1.165) is 5.56 Å². The van der Waals surface area contributed by atoms with E-state index in [4.69, 9.17) is 17.3 Å². The summed E-state index contributed by atoms with van der Waals surface area (Å²) in [6, 6.07) is 10.1. The fraction of sp³-hybridized carbons (Fsp3) is 0.143. The van der Waals surface area contributed by atoms with Crippen LogP contribution in [-0.2, 0) is 16.4 Å². The van der Waals surface area contributed by atoms with Crippen LogP contribution in [0.4, 0.5) is 10.1 Å². The average molecular weight is 329 g/mol. The van der Waals surface area contributed by atoms with Gasteiger partial charge in [-0.05, 0) is 42.3 Å². The summed E-state index contributed by atoms with van der Waals surface area (Å²) in [6.45, 7) is 0.189. The van der Waals surface area contributed by atoms with Gasteiger partial charge in [0, 0.05) is 12.2 Å². The summed E-state index contributed by atoms with van der Waals surface area (Å²) in [5.74, 6) is -0.326. The molecule has 0 amide bonds. The third-order valence-corrected chi connectivity index (χ3v) is 4.81. The van der Waals surface area contributed by atoms with E-state index in [1.807, 2.05) is 0 Å². The Labute approximate surface area is 127 Å². The van der Waals surface area contributed by atoms with Crippen LogP contribution in [0.2, 0.25) is 5.02 Å². The van der Waals surface area contributed by atoms with Crippen LogP contribution in [0.25, 0.3) is 0 Å². The zero-order valence-electron chi connectivity index (χ0n) is 11.0. The number of hydrogen-bond acceptors (Lipinski definition) is 3. The Morgan fingerprint density at radius 3 is 2.43 bits per heavy atom. The summed E-state index contributed by atoms with van der Waals surface area (Å²) in [4.78, 5) is -0.0162. The van der Waals surface area contributed by atoms with Gasteiger partial charge in [0.2, 0.25) is 10.0 Å². The molecule has 0 bridgehead atoms. The molecular weight excluding hydrogens is 315 g/mol. The lowest BCUT2D eigenvalue weighted by Crippen LogP contribution is -2.26. The van der Waals surface area contributed by atoms with Crippen molar-refractivity contribution in [2.24, 2.45) is 0 Å². The Morgan fingerprint density at radius 1 is 1.14 bits per heavy atom. The van der Waals surface area contributed by atoms with Crippen molar-refractivity contribution in [2.45, 2.75) is 11.3 Å². The van der Waals surface area contributed by atoms with Crippen LogP contribution in [0.3, 0.4) is 0 Å². The maximum Gasteiger partial charge on any atom is 0.242 e. The monoisotopic (exact) mass is 328 g/mol. The summed E-state index contributed by atoms with van der Waals surface area (Å²) in [5, 5.41) is 0.0734. The van der Waals surface area contributed by atoms with Crippen LogP contribution in [0, 0.1) is 5.82 Å². The van der Waals surface area contributed by atoms with Gasteiger partial charge in [0.15, 0.2) is 0 Å². The number of nitrogens with two attached hydrogens (primary N) is 1. The van der Waals surface area contributed by atoms with E-state index < -0.39 is 10.0 Å². The van der Waals surface area contributed by atoms with Gasteiger partial charge in [-0.1, -0.05) is 23.7 Å².